The number of anilines is 1. The summed E-state index contributed by atoms with van der Waals surface area (Å²) in [5.74, 6) is -0.270. The van der Waals surface area contributed by atoms with Gasteiger partial charge in [-0.1, -0.05) is 30.3 Å². The summed E-state index contributed by atoms with van der Waals surface area (Å²) in [6.45, 7) is 1.55. The van der Waals surface area contributed by atoms with Crippen LogP contribution < -0.4 is 10.1 Å². The van der Waals surface area contributed by atoms with E-state index in [1.807, 2.05) is 43.3 Å². The van der Waals surface area contributed by atoms with Gasteiger partial charge in [0.2, 0.25) is 0 Å². The summed E-state index contributed by atoms with van der Waals surface area (Å²) in [6.07, 6.45) is 2.87. The molecular weight excluding hydrogens is 306 g/mol. The number of hydrogen-bond acceptors (Lipinski definition) is 4. The lowest BCUT2D eigenvalue weighted by Gasteiger charge is -2.07. The smallest absolute Gasteiger partial charge is 0.331 e. The standard InChI is InChI=1S/C19H19NO4/c1-14-6-3-4-9-17(14)20-18(21)13-24-19(22)11-10-15-7-5-8-16(12-15)23-2/h3-12H,13H2,1-2H3,(H,20,21). The van der Waals surface area contributed by atoms with Crippen molar-refractivity contribution in [2.45, 2.75) is 6.92 Å². The normalized spacial score (nSPS) is 10.4. The zero-order valence-corrected chi connectivity index (χ0v) is 13.6. The van der Waals surface area contributed by atoms with Crippen LogP contribution in [0.3, 0.4) is 0 Å². The lowest BCUT2D eigenvalue weighted by molar-refractivity contribution is -0.142. The second kappa shape index (κ2) is 8.53. The number of methoxy groups -OCH3 is 1. The Bertz CT molecular complexity index is 753. The second-order valence-electron chi connectivity index (χ2n) is 5.08. The number of benzene rings is 2. The minimum Gasteiger partial charge on any atom is -0.497 e. The number of para-hydroxylation sites is 1. The summed E-state index contributed by atoms with van der Waals surface area (Å²) in [5.41, 5.74) is 2.44. The summed E-state index contributed by atoms with van der Waals surface area (Å²) in [6, 6.07) is 14.6. The first-order valence-electron chi connectivity index (χ1n) is 7.43. The maximum atomic E-state index is 11.8. The quantitative estimate of drug-likeness (QED) is 0.654. The van der Waals surface area contributed by atoms with Crippen LogP contribution >= 0.6 is 0 Å². The highest BCUT2D eigenvalue weighted by molar-refractivity contribution is 5.95. The van der Waals surface area contributed by atoms with Crippen molar-refractivity contribution in [1.29, 1.82) is 0 Å². The number of aryl methyl sites for hydroxylation is 1. The highest BCUT2D eigenvalue weighted by Gasteiger charge is 2.07. The molecule has 0 heterocycles. The van der Waals surface area contributed by atoms with Gasteiger partial charge in [0, 0.05) is 11.8 Å². The Labute approximate surface area is 140 Å². The lowest BCUT2D eigenvalue weighted by Crippen LogP contribution is -2.20. The minimum atomic E-state index is -0.585. The Balaban J connectivity index is 1.83. The van der Waals surface area contributed by atoms with Crippen LogP contribution in [0.25, 0.3) is 6.08 Å². The van der Waals surface area contributed by atoms with Gasteiger partial charge in [-0.15, -0.1) is 0 Å². The Morgan fingerprint density at radius 2 is 1.92 bits per heavy atom. The minimum absolute atomic E-state index is 0.338. The van der Waals surface area contributed by atoms with E-state index in [-0.39, 0.29) is 12.5 Å². The number of carbonyl (C=O) groups is 2. The van der Waals surface area contributed by atoms with E-state index in [0.29, 0.717) is 11.4 Å². The van der Waals surface area contributed by atoms with Gasteiger partial charge in [0.05, 0.1) is 7.11 Å². The van der Waals surface area contributed by atoms with Crippen LogP contribution in [0.2, 0.25) is 0 Å². The lowest BCUT2D eigenvalue weighted by atomic mass is 10.2. The van der Waals surface area contributed by atoms with Gasteiger partial charge >= 0.3 is 5.97 Å². The summed E-state index contributed by atoms with van der Waals surface area (Å²) < 4.78 is 10.0. The molecule has 2 aromatic rings. The van der Waals surface area contributed by atoms with Gasteiger partial charge in [0.1, 0.15) is 5.75 Å². The van der Waals surface area contributed by atoms with Crippen LogP contribution in [-0.4, -0.2) is 25.6 Å². The van der Waals surface area contributed by atoms with Crippen molar-refractivity contribution in [1.82, 2.24) is 0 Å². The van der Waals surface area contributed by atoms with E-state index >= 15 is 0 Å². The monoisotopic (exact) mass is 325 g/mol. The fourth-order valence-corrected chi connectivity index (χ4v) is 1.99. The molecule has 5 heteroatoms. The molecule has 0 aliphatic heterocycles. The first-order valence-corrected chi connectivity index (χ1v) is 7.43. The third-order valence-corrected chi connectivity index (χ3v) is 3.27. The number of carbonyl (C=O) groups excluding carboxylic acids is 2. The van der Waals surface area contributed by atoms with Gasteiger partial charge < -0.3 is 14.8 Å². The third-order valence-electron chi connectivity index (χ3n) is 3.27. The first kappa shape index (κ1) is 17.3. The van der Waals surface area contributed by atoms with Crippen LogP contribution in [0.4, 0.5) is 5.69 Å². The van der Waals surface area contributed by atoms with E-state index in [4.69, 9.17) is 9.47 Å². The Kier molecular flexibility index (Phi) is 6.14. The van der Waals surface area contributed by atoms with Crippen molar-refractivity contribution in [3.63, 3.8) is 0 Å². The molecule has 124 valence electrons. The van der Waals surface area contributed by atoms with Gasteiger partial charge in [-0.05, 0) is 42.3 Å². The zero-order valence-electron chi connectivity index (χ0n) is 13.6. The van der Waals surface area contributed by atoms with Gasteiger partial charge in [-0.25, -0.2) is 4.79 Å². The molecule has 1 N–H and O–H groups in total. The van der Waals surface area contributed by atoms with Gasteiger partial charge in [0.15, 0.2) is 6.61 Å². The molecule has 5 nitrogen and oxygen atoms in total. The molecule has 0 atom stereocenters. The molecule has 2 rings (SSSR count). The number of nitrogens with one attached hydrogen (secondary N) is 1. The van der Waals surface area contributed by atoms with E-state index in [0.717, 1.165) is 11.1 Å². The molecule has 0 aromatic heterocycles. The molecule has 0 spiro atoms. The van der Waals surface area contributed by atoms with Gasteiger partial charge in [-0.2, -0.15) is 0 Å². The van der Waals surface area contributed by atoms with Crippen molar-refractivity contribution in [2.24, 2.45) is 0 Å². The van der Waals surface area contributed by atoms with Crippen LogP contribution in [0.15, 0.2) is 54.6 Å². The molecule has 0 saturated heterocycles. The largest absolute Gasteiger partial charge is 0.497 e. The maximum absolute atomic E-state index is 11.8. The number of amides is 1. The SMILES string of the molecule is COc1cccc(C=CC(=O)OCC(=O)Nc2ccccc2C)c1. The summed E-state index contributed by atoms with van der Waals surface area (Å²) in [5, 5.41) is 2.70. The number of ether oxygens (including phenoxy) is 2. The van der Waals surface area contributed by atoms with Crippen molar-refractivity contribution in [3.8, 4) is 5.75 Å². The van der Waals surface area contributed by atoms with E-state index < -0.39 is 5.97 Å². The van der Waals surface area contributed by atoms with E-state index in [1.54, 1.807) is 25.3 Å². The number of hydrogen-bond donors (Lipinski definition) is 1. The number of rotatable bonds is 6. The third kappa shape index (κ3) is 5.28. The van der Waals surface area contributed by atoms with Crippen LogP contribution in [0, 0.1) is 6.92 Å². The van der Waals surface area contributed by atoms with Gasteiger partial charge in [0.25, 0.3) is 5.91 Å². The predicted molar refractivity (Wildman–Crippen MR) is 92.8 cm³/mol. The maximum Gasteiger partial charge on any atom is 0.331 e. The highest BCUT2D eigenvalue weighted by Crippen LogP contribution is 2.14. The zero-order chi connectivity index (χ0) is 17.4. The molecule has 0 bridgehead atoms. The summed E-state index contributed by atoms with van der Waals surface area (Å²) >= 11 is 0. The molecule has 24 heavy (non-hydrogen) atoms. The summed E-state index contributed by atoms with van der Waals surface area (Å²) in [4.78, 5) is 23.5. The molecule has 0 unspecified atom stereocenters. The van der Waals surface area contributed by atoms with Crippen LogP contribution in [0.1, 0.15) is 11.1 Å². The second-order valence-corrected chi connectivity index (χ2v) is 5.08. The fourth-order valence-electron chi connectivity index (χ4n) is 1.99. The molecule has 0 saturated carbocycles. The van der Waals surface area contributed by atoms with Crippen molar-refractivity contribution in [3.05, 3.63) is 65.7 Å². The van der Waals surface area contributed by atoms with Crippen molar-refractivity contribution >= 4 is 23.6 Å². The van der Waals surface area contributed by atoms with E-state index in [9.17, 15) is 9.59 Å². The molecular formula is C19H19NO4. The topological polar surface area (TPSA) is 64.6 Å². The Hall–Kier alpha value is -3.08. The first-order chi connectivity index (χ1) is 11.6. The highest BCUT2D eigenvalue weighted by atomic mass is 16.5. The molecule has 1 amide bonds. The van der Waals surface area contributed by atoms with Crippen molar-refractivity contribution in [2.75, 3.05) is 19.0 Å². The van der Waals surface area contributed by atoms with E-state index in [2.05, 4.69) is 5.32 Å². The average Bonchev–Trinajstić information content (AvgIpc) is 2.60. The fraction of sp³-hybridized carbons (Fsp3) is 0.158. The molecule has 0 radical (unpaired) electrons. The van der Waals surface area contributed by atoms with Gasteiger partial charge in [-0.3, -0.25) is 4.79 Å². The molecule has 0 aliphatic carbocycles. The predicted octanol–water partition coefficient (Wildman–Crippen LogP) is 3.20. The molecule has 2 aromatic carbocycles. The molecule has 0 aliphatic rings. The number of esters is 1. The average molecular weight is 325 g/mol. The molecule has 0 fully saturated rings. The Morgan fingerprint density at radius 1 is 1.12 bits per heavy atom. The summed E-state index contributed by atoms with van der Waals surface area (Å²) in [7, 11) is 1.57. The van der Waals surface area contributed by atoms with E-state index in [1.165, 1.54) is 6.08 Å². The Morgan fingerprint density at radius 3 is 2.67 bits per heavy atom. The van der Waals surface area contributed by atoms with Crippen LogP contribution in [0.5, 0.6) is 5.75 Å². The van der Waals surface area contributed by atoms with Crippen LogP contribution in [-0.2, 0) is 14.3 Å². The van der Waals surface area contributed by atoms with Crippen molar-refractivity contribution < 1.29 is 19.1 Å².